The van der Waals surface area contributed by atoms with Gasteiger partial charge >= 0.3 is 0 Å². The number of furan rings is 2. The molecule has 0 atom stereocenters. The third kappa shape index (κ3) is 4.87. The molecule has 0 saturated carbocycles. The standard InChI is InChI=1S/C51H30N4O2/c1-3-14-31(15-4-1)49-52-50(32-16-5-2-6-17-32)54-51(53-49)33-28-29-43-39(30-33)47-37(21-12-26-44(47)56-43)36-20-13-27-45-46(36)38-22-11-25-42(48(38)57-45)55-40-23-9-7-18-34(40)35-19-8-10-24-41(35)55/h1-30H. The second-order valence-electron chi connectivity index (χ2n) is 14.3. The van der Waals surface area contributed by atoms with Gasteiger partial charge in [0, 0.05) is 49.0 Å². The molecule has 0 aliphatic heterocycles. The van der Waals surface area contributed by atoms with E-state index in [1.807, 2.05) is 78.9 Å². The lowest BCUT2D eigenvalue weighted by Crippen LogP contribution is -2.00. The van der Waals surface area contributed by atoms with Crippen LogP contribution in [-0.4, -0.2) is 19.5 Å². The van der Waals surface area contributed by atoms with Gasteiger partial charge in [0.2, 0.25) is 0 Å². The van der Waals surface area contributed by atoms with Gasteiger partial charge < -0.3 is 13.4 Å². The van der Waals surface area contributed by atoms with Crippen molar-refractivity contribution in [2.24, 2.45) is 0 Å². The van der Waals surface area contributed by atoms with Crippen LogP contribution in [0.4, 0.5) is 0 Å². The molecule has 266 valence electrons. The summed E-state index contributed by atoms with van der Waals surface area (Å²) in [7, 11) is 0. The number of hydrogen-bond donors (Lipinski definition) is 0. The van der Waals surface area contributed by atoms with Gasteiger partial charge in [-0.05, 0) is 59.7 Å². The molecule has 0 bridgehead atoms. The van der Waals surface area contributed by atoms with E-state index in [1.54, 1.807) is 0 Å². The van der Waals surface area contributed by atoms with E-state index in [0.717, 1.165) is 88.4 Å². The van der Waals surface area contributed by atoms with Crippen molar-refractivity contribution in [1.29, 1.82) is 0 Å². The van der Waals surface area contributed by atoms with Crippen molar-refractivity contribution in [3.05, 3.63) is 182 Å². The summed E-state index contributed by atoms with van der Waals surface area (Å²) in [4.78, 5) is 14.9. The third-order valence-electron chi connectivity index (χ3n) is 11.1. The lowest BCUT2D eigenvalue weighted by Gasteiger charge is -2.09. The molecule has 0 saturated heterocycles. The Kier molecular flexibility index (Phi) is 6.83. The van der Waals surface area contributed by atoms with E-state index < -0.39 is 0 Å². The van der Waals surface area contributed by atoms with Crippen molar-refractivity contribution < 1.29 is 8.83 Å². The van der Waals surface area contributed by atoms with Gasteiger partial charge in [0.1, 0.15) is 16.7 Å². The first-order chi connectivity index (χ1) is 28.3. The van der Waals surface area contributed by atoms with Gasteiger partial charge in [0.25, 0.3) is 0 Å². The molecule has 0 fully saturated rings. The molecule has 0 aliphatic carbocycles. The Balaban J connectivity index is 1.07. The van der Waals surface area contributed by atoms with Crippen molar-refractivity contribution in [3.8, 4) is 51.0 Å². The van der Waals surface area contributed by atoms with Gasteiger partial charge in [-0.2, -0.15) is 0 Å². The number of nitrogens with zero attached hydrogens (tertiary/aromatic N) is 4. The fourth-order valence-corrected chi connectivity index (χ4v) is 8.54. The molecule has 8 aromatic carbocycles. The van der Waals surface area contributed by atoms with Crippen LogP contribution in [0, 0.1) is 0 Å². The maximum atomic E-state index is 6.85. The van der Waals surface area contributed by atoms with Crippen molar-refractivity contribution in [1.82, 2.24) is 19.5 Å². The molecule has 0 unspecified atom stereocenters. The molecule has 0 aliphatic rings. The van der Waals surface area contributed by atoms with Gasteiger partial charge in [-0.1, -0.05) is 133 Å². The van der Waals surface area contributed by atoms with Gasteiger partial charge in [-0.25, -0.2) is 15.0 Å². The zero-order chi connectivity index (χ0) is 37.5. The zero-order valence-electron chi connectivity index (χ0n) is 30.4. The van der Waals surface area contributed by atoms with Crippen LogP contribution in [0.15, 0.2) is 191 Å². The minimum Gasteiger partial charge on any atom is -0.456 e. The first kappa shape index (κ1) is 31.5. The van der Waals surface area contributed by atoms with Crippen LogP contribution in [0.2, 0.25) is 0 Å². The summed E-state index contributed by atoms with van der Waals surface area (Å²) in [5.41, 5.74) is 11.4. The summed E-state index contributed by atoms with van der Waals surface area (Å²) in [5, 5.41) is 6.55. The smallest absolute Gasteiger partial charge is 0.164 e. The van der Waals surface area contributed by atoms with Crippen molar-refractivity contribution in [3.63, 3.8) is 0 Å². The van der Waals surface area contributed by atoms with Gasteiger partial charge in [-0.3, -0.25) is 0 Å². The van der Waals surface area contributed by atoms with E-state index in [0.29, 0.717) is 17.5 Å². The molecule has 4 aromatic heterocycles. The average Bonchev–Trinajstić information content (AvgIpc) is 3.96. The lowest BCUT2D eigenvalue weighted by atomic mass is 9.95. The van der Waals surface area contributed by atoms with E-state index in [4.69, 9.17) is 23.8 Å². The van der Waals surface area contributed by atoms with Gasteiger partial charge in [-0.15, -0.1) is 0 Å². The molecule has 12 rings (SSSR count). The Morgan fingerprint density at radius 2 is 0.860 bits per heavy atom. The number of hydrogen-bond acceptors (Lipinski definition) is 5. The summed E-state index contributed by atoms with van der Waals surface area (Å²) >= 11 is 0. The third-order valence-corrected chi connectivity index (χ3v) is 11.1. The zero-order valence-corrected chi connectivity index (χ0v) is 30.4. The molecule has 0 radical (unpaired) electrons. The maximum Gasteiger partial charge on any atom is 0.164 e. The summed E-state index contributed by atoms with van der Waals surface area (Å²) < 4.78 is 15.7. The van der Waals surface area contributed by atoms with Crippen LogP contribution in [0.5, 0.6) is 0 Å². The molecule has 0 amide bonds. The Bertz CT molecular complexity index is 3410. The highest BCUT2D eigenvalue weighted by atomic mass is 16.3. The molecule has 12 aromatic rings. The highest BCUT2D eigenvalue weighted by Gasteiger charge is 2.22. The van der Waals surface area contributed by atoms with Gasteiger partial charge in [0.15, 0.2) is 23.1 Å². The van der Waals surface area contributed by atoms with Crippen LogP contribution in [0.1, 0.15) is 0 Å². The summed E-state index contributed by atoms with van der Waals surface area (Å²) in [6, 6.07) is 62.5. The second-order valence-corrected chi connectivity index (χ2v) is 14.3. The van der Waals surface area contributed by atoms with Gasteiger partial charge in [0.05, 0.1) is 16.7 Å². The Hall–Kier alpha value is -7.83. The summed E-state index contributed by atoms with van der Waals surface area (Å²) in [5.74, 6) is 1.84. The highest BCUT2D eigenvalue weighted by molar-refractivity contribution is 6.21. The molecule has 6 nitrogen and oxygen atoms in total. The molecule has 57 heavy (non-hydrogen) atoms. The maximum absolute atomic E-state index is 6.85. The van der Waals surface area contributed by atoms with E-state index in [9.17, 15) is 0 Å². The quantitative estimate of drug-likeness (QED) is 0.176. The largest absolute Gasteiger partial charge is 0.456 e. The van der Waals surface area contributed by atoms with Crippen molar-refractivity contribution >= 4 is 65.7 Å². The molecule has 0 spiro atoms. The average molecular weight is 731 g/mol. The minimum atomic E-state index is 0.594. The predicted octanol–water partition coefficient (Wildman–Crippen LogP) is 13.4. The topological polar surface area (TPSA) is 69.9 Å². The van der Waals surface area contributed by atoms with Crippen LogP contribution in [0.3, 0.4) is 0 Å². The minimum absolute atomic E-state index is 0.594. The number of fused-ring (bicyclic) bond motifs is 9. The van der Waals surface area contributed by atoms with E-state index in [-0.39, 0.29) is 0 Å². The number of rotatable bonds is 5. The fourth-order valence-electron chi connectivity index (χ4n) is 8.54. The van der Waals surface area contributed by atoms with Crippen LogP contribution in [0.25, 0.3) is 117 Å². The van der Waals surface area contributed by atoms with Crippen molar-refractivity contribution in [2.45, 2.75) is 0 Å². The van der Waals surface area contributed by atoms with Crippen LogP contribution >= 0.6 is 0 Å². The first-order valence-electron chi connectivity index (χ1n) is 19.0. The van der Waals surface area contributed by atoms with Crippen LogP contribution in [-0.2, 0) is 0 Å². The lowest BCUT2D eigenvalue weighted by molar-refractivity contribution is 0.666. The van der Waals surface area contributed by atoms with Crippen molar-refractivity contribution in [2.75, 3.05) is 0 Å². The number of aromatic nitrogens is 4. The highest BCUT2D eigenvalue weighted by Crippen LogP contribution is 2.45. The normalized spacial score (nSPS) is 11.9. The predicted molar refractivity (Wildman–Crippen MR) is 230 cm³/mol. The Morgan fingerprint density at radius 1 is 0.351 bits per heavy atom. The molecular weight excluding hydrogens is 701 g/mol. The van der Waals surface area contributed by atoms with E-state index in [2.05, 4.69) is 108 Å². The first-order valence-corrected chi connectivity index (χ1v) is 19.0. The molecule has 6 heteroatoms. The molecular formula is C51H30N4O2. The Morgan fingerprint density at radius 3 is 1.49 bits per heavy atom. The van der Waals surface area contributed by atoms with E-state index >= 15 is 0 Å². The number of para-hydroxylation sites is 3. The Labute approximate surface area is 325 Å². The number of benzene rings is 8. The van der Waals surface area contributed by atoms with E-state index in [1.165, 1.54) is 10.8 Å². The summed E-state index contributed by atoms with van der Waals surface area (Å²) in [6.07, 6.45) is 0. The SMILES string of the molecule is c1ccc(-c2nc(-c3ccccc3)nc(-c3ccc4oc5cccc(-c6cccc7oc8c(-n9c%10ccccc%10c%10ccccc%109)cccc8c67)c5c4c3)n2)cc1. The second kappa shape index (κ2) is 12.3. The van der Waals surface area contributed by atoms with Crippen LogP contribution < -0.4 is 0 Å². The fraction of sp³-hybridized carbons (Fsp3) is 0. The molecule has 4 heterocycles. The summed E-state index contributed by atoms with van der Waals surface area (Å²) in [6.45, 7) is 0. The molecule has 0 N–H and O–H groups in total. The monoisotopic (exact) mass is 730 g/mol.